The van der Waals surface area contributed by atoms with Crippen molar-refractivity contribution in [1.29, 1.82) is 0 Å². The Balaban J connectivity index is 1.54. The second kappa shape index (κ2) is 8.84. The number of benzene rings is 1. The number of rotatable bonds is 8. The van der Waals surface area contributed by atoms with E-state index in [2.05, 4.69) is 17.4 Å². The van der Waals surface area contributed by atoms with Crippen molar-refractivity contribution < 1.29 is 9.32 Å². The molecule has 0 saturated heterocycles. The Hall–Kier alpha value is -2.10. The van der Waals surface area contributed by atoms with Crippen LogP contribution in [0.1, 0.15) is 69.5 Å². The summed E-state index contributed by atoms with van der Waals surface area (Å²) < 4.78 is 5.57. The second-order valence-corrected chi connectivity index (χ2v) is 6.93. The van der Waals surface area contributed by atoms with Crippen LogP contribution in [0.15, 0.2) is 28.8 Å². The van der Waals surface area contributed by atoms with Crippen molar-refractivity contribution in [2.45, 2.75) is 71.1 Å². The fourth-order valence-electron chi connectivity index (χ4n) is 3.44. The summed E-state index contributed by atoms with van der Waals surface area (Å²) in [5.74, 6) is 0.991. The van der Waals surface area contributed by atoms with Crippen LogP contribution in [0.3, 0.4) is 0 Å². The van der Waals surface area contributed by atoms with Crippen LogP contribution < -0.4 is 5.32 Å². The first-order chi connectivity index (χ1) is 12.3. The number of anilines is 1. The van der Waals surface area contributed by atoms with Gasteiger partial charge in [0.15, 0.2) is 5.76 Å². The summed E-state index contributed by atoms with van der Waals surface area (Å²) in [5, 5.41) is 7.20. The zero-order valence-electron chi connectivity index (χ0n) is 15.1. The molecule has 134 valence electrons. The van der Waals surface area contributed by atoms with Crippen molar-refractivity contribution in [3.05, 3.63) is 35.5 Å². The van der Waals surface area contributed by atoms with Gasteiger partial charge in [0.1, 0.15) is 0 Å². The minimum atomic E-state index is 0.0984. The molecule has 1 aromatic heterocycles. The molecule has 0 saturated carbocycles. The molecule has 0 atom stereocenters. The third-order valence-corrected chi connectivity index (χ3v) is 4.90. The molecule has 1 heterocycles. The van der Waals surface area contributed by atoms with E-state index in [4.69, 9.17) is 4.52 Å². The molecule has 1 amide bonds. The number of carbonyl (C=O) groups excluding carboxylic acids is 1. The number of unbranched alkanes of at least 4 members (excludes halogenated alkanes) is 4. The summed E-state index contributed by atoms with van der Waals surface area (Å²) in [4.78, 5) is 12.0. The van der Waals surface area contributed by atoms with Crippen molar-refractivity contribution in [3.8, 4) is 11.3 Å². The van der Waals surface area contributed by atoms with Crippen molar-refractivity contribution in [2.75, 3.05) is 5.32 Å². The number of aromatic nitrogens is 1. The van der Waals surface area contributed by atoms with Gasteiger partial charge in [0, 0.05) is 23.2 Å². The van der Waals surface area contributed by atoms with Gasteiger partial charge in [-0.05, 0) is 56.4 Å². The molecular weight excluding hydrogens is 312 g/mol. The minimum absolute atomic E-state index is 0.0984. The highest BCUT2D eigenvalue weighted by atomic mass is 16.5. The summed E-state index contributed by atoms with van der Waals surface area (Å²) in [7, 11) is 0. The second-order valence-electron chi connectivity index (χ2n) is 6.93. The van der Waals surface area contributed by atoms with Gasteiger partial charge in [0.2, 0.25) is 5.91 Å². The van der Waals surface area contributed by atoms with Gasteiger partial charge in [-0.1, -0.05) is 37.8 Å². The van der Waals surface area contributed by atoms with Crippen molar-refractivity contribution in [2.24, 2.45) is 0 Å². The van der Waals surface area contributed by atoms with Gasteiger partial charge >= 0.3 is 0 Å². The number of amides is 1. The van der Waals surface area contributed by atoms with E-state index in [0.29, 0.717) is 6.42 Å². The predicted molar refractivity (Wildman–Crippen MR) is 101 cm³/mol. The number of carbonyl (C=O) groups is 1. The summed E-state index contributed by atoms with van der Waals surface area (Å²) in [6, 6.07) is 7.91. The quantitative estimate of drug-likeness (QED) is 0.644. The van der Waals surface area contributed by atoms with E-state index in [1.54, 1.807) is 0 Å². The van der Waals surface area contributed by atoms with E-state index in [-0.39, 0.29) is 5.91 Å². The Morgan fingerprint density at radius 1 is 1.08 bits per heavy atom. The number of nitrogens with one attached hydrogen (secondary N) is 1. The number of nitrogens with zero attached hydrogens (tertiary/aromatic N) is 1. The van der Waals surface area contributed by atoms with Crippen molar-refractivity contribution in [3.63, 3.8) is 0 Å². The highest BCUT2D eigenvalue weighted by Crippen LogP contribution is 2.32. The maximum Gasteiger partial charge on any atom is 0.224 e. The zero-order valence-corrected chi connectivity index (χ0v) is 15.1. The lowest BCUT2D eigenvalue weighted by atomic mass is 9.94. The SMILES string of the molecule is CCCCCCCC(=O)Nc1ccc(-c2onc3c2CCCC3)cc1. The van der Waals surface area contributed by atoms with Crippen molar-refractivity contribution >= 4 is 11.6 Å². The van der Waals surface area contributed by atoms with Gasteiger partial charge in [-0.2, -0.15) is 0 Å². The third-order valence-electron chi connectivity index (χ3n) is 4.90. The van der Waals surface area contributed by atoms with Gasteiger partial charge in [0.05, 0.1) is 5.69 Å². The standard InChI is InChI=1S/C21H28N2O2/c1-2-3-4-5-6-11-20(24)22-17-14-12-16(13-15-17)21-18-9-7-8-10-19(18)23-25-21/h12-15H,2-11H2,1H3,(H,22,24). The highest BCUT2D eigenvalue weighted by Gasteiger charge is 2.20. The molecule has 1 N–H and O–H groups in total. The van der Waals surface area contributed by atoms with Crippen LogP contribution in [0.5, 0.6) is 0 Å². The topological polar surface area (TPSA) is 55.1 Å². The maximum atomic E-state index is 12.0. The van der Waals surface area contributed by atoms with E-state index < -0.39 is 0 Å². The number of hydrogen-bond donors (Lipinski definition) is 1. The number of aryl methyl sites for hydroxylation is 1. The van der Waals surface area contributed by atoms with E-state index in [1.165, 1.54) is 37.7 Å². The predicted octanol–water partition coefficient (Wildman–Crippen LogP) is 5.52. The lowest BCUT2D eigenvalue weighted by Crippen LogP contribution is -2.10. The Morgan fingerprint density at radius 2 is 1.84 bits per heavy atom. The van der Waals surface area contributed by atoms with Crippen LogP contribution in [0.25, 0.3) is 11.3 Å². The minimum Gasteiger partial charge on any atom is -0.356 e. The monoisotopic (exact) mass is 340 g/mol. The summed E-state index contributed by atoms with van der Waals surface area (Å²) in [6.07, 6.45) is 10.9. The van der Waals surface area contributed by atoms with Crippen LogP contribution in [0.2, 0.25) is 0 Å². The van der Waals surface area contributed by atoms with Gasteiger partial charge < -0.3 is 9.84 Å². The number of hydrogen-bond acceptors (Lipinski definition) is 3. The molecule has 0 radical (unpaired) electrons. The van der Waals surface area contributed by atoms with Crippen LogP contribution in [0, 0.1) is 0 Å². The van der Waals surface area contributed by atoms with E-state index in [1.807, 2.05) is 24.3 Å². The summed E-state index contributed by atoms with van der Waals surface area (Å²) in [6.45, 7) is 2.20. The molecule has 0 fully saturated rings. The molecule has 4 nitrogen and oxygen atoms in total. The first kappa shape index (κ1) is 17.7. The molecule has 1 aliphatic rings. The molecule has 4 heteroatoms. The summed E-state index contributed by atoms with van der Waals surface area (Å²) >= 11 is 0. The Morgan fingerprint density at radius 3 is 2.64 bits per heavy atom. The first-order valence-electron chi connectivity index (χ1n) is 9.65. The maximum absolute atomic E-state index is 12.0. The molecule has 1 aromatic carbocycles. The van der Waals surface area contributed by atoms with Crippen LogP contribution in [0.4, 0.5) is 5.69 Å². The molecule has 0 aliphatic heterocycles. The van der Waals surface area contributed by atoms with Crippen LogP contribution >= 0.6 is 0 Å². The Bertz CT molecular complexity index is 688. The van der Waals surface area contributed by atoms with E-state index >= 15 is 0 Å². The van der Waals surface area contributed by atoms with E-state index in [0.717, 1.165) is 48.4 Å². The number of fused-ring (bicyclic) bond motifs is 1. The largest absolute Gasteiger partial charge is 0.356 e. The van der Waals surface area contributed by atoms with Gasteiger partial charge in [-0.25, -0.2) is 0 Å². The Labute approximate surface area is 150 Å². The van der Waals surface area contributed by atoms with Crippen LogP contribution in [-0.2, 0) is 17.6 Å². The average molecular weight is 340 g/mol. The highest BCUT2D eigenvalue weighted by molar-refractivity contribution is 5.90. The fourth-order valence-corrected chi connectivity index (χ4v) is 3.44. The van der Waals surface area contributed by atoms with Crippen molar-refractivity contribution in [1.82, 2.24) is 5.16 Å². The molecule has 0 spiro atoms. The first-order valence-corrected chi connectivity index (χ1v) is 9.65. The molecule has 3 rings (SSSR count). The molecule has 2 aromatic rings. The third kappa shape index (κ3) is 4.71. The lowest BCUT2D eigenvalue weighted by molar-refractivity contribution is -0.116. The lowest BCUT2D eigenvalue weighted by Gasteiger charge is -2.10. The van der Waals surface area contributed by atoms with Gasteiger partial charge in [0.25, 0.3) is 0 Å². The van der Waals surface area contributed by atoms with Crippen LogP contribution in [-0.4, -0.2) is 11.1 Å². The molecule has 1 aliphatic carbocycles. The fraction of sp³-hybridized carbons (Fsp3) is 0.524. The average Bonchev–Trinajstić information content (AvgIpc) is 3.06. The molecule has 0 bridgehead atoms. The molecule has 25 heavy (non-hydrogen) atoms. The normalized spacial score (nSPS) is 13.5. The summed E-state index contributed by atoms with van der Waals surface area (Å²) in [5.41, 5.74) is 4.25. The molecule has 0 unspecified atom stereocenters. The molecular formula is C21H28N2O2. The van der Waals surface area contributed by atoms with Gasteiger partial charge in [-0.3, -0.25) is 4.79 Å². The smallest absolute Gasteiger partial charge is 0.224 e. The van der Waals surface area contributed by atoms with Gasteiger partial charge in [-0.15, -0.1) is 0 Å². The Kier molecular flexibility index (Phi) is 6.26. The van der Waals surface area contributed by atoms with E-state index in [9.17, 15) is 4.79 Å². The zero-order chi connectivity index (χ0) is 17.5.